The van der Waals surface area contributed by atoms with Gasteiger partial charge in [-0.15, -0.1) is 0 Å². The molecule has 0 atom stereocenters. The second-order valence-corrected chi connectivity index (χ2v) is 3.42. The summed E-state index contributed by atoms with van der Waals surface area (Å²) >= 11 is 0. The van der Waals surface area contributed by atoms with Crippen molar-refractivity contribution in [1.82, 2.24) is 0 Å². The predicted molar refractivity (Wildman–Crippen MR) is 63.7 cm³/mol. The quantitative estimate of drug-likeness (QED) is 0.563. The topological polar surface area (TPSA) is 20.9 Å². The van der Waals surface area contributed by atoms with Crippen molar-refractivity contribution in [3.05, 3.63) is 66.0 Å². The summed E-state index contributed by atoms with van der Waals surface area (Å²) in [5.41, 5.74) is 1.77. The zero-order chi connectivity index (χ0) is 11.2. The van der Waals surface area contributed by atoms with Crippen LogP contribution in [0.5, 0.6) is 0 Å². The zero-order valence-corrected chi connectivity index (χ0v) is 8.78. The van der Waals surface area contributed by atoms with Crippen LogP contribution in [0.25, 0.3) is 12.3 Å². The summed E-state index contributed by atoms with van der Waals surface area (Å²) in [6.07, 6.45) is 8.75. The summed E-state index contributed by atoms with van der Waals surface area (Å²) in [6.45, 7) is 0. The van der Waals surface area contributed by atoms with E-state index in [4.69, 9.17) is 0 Å². The average Bonchev–Trinajstić information content (AvgIpc) is 2.38. The van der Waals surface area contributed by atoms with E-state index in [0.717, 1.165) is 11.8 Å². The summed E-state index contributed by atoms with van der Waals surface area (Å²) < 4.78 is 1.97. The van der Waals surface area contributed by atoms with E-state index in [1.807, 2.05) is 71.7 Å². The van der Waals surface area contributed by atoms with Gasteiger partial charge < -0.3 is 0 Å². The van der Waals surface area contributed by atoms with Crippen molar-refractivity contribution in [3.63, 3.8) is 0 Å². The van der Waals surface area contributed by atoms with Gasteiger partial charge in [-0.3, -0.25) is 4.79 Å². The molecule has 0 unspecified atom stereocenters. The molecule has 0 amide bonds. The lowest BCUT2D eigenvalue weighted by atomic mass is 10.1. The number of hydrogen-bond donors (Lipinski definition) is 0. The van der Waals surface area contributed by atoms with Gasteiger partial charge in [0.1, 0.15) is 6.29 Å². The highest BCUT2D eigenvalue weighted by Gasteiger charge is 1.92. The Kier molecular flexibility index (Phi) is 3.24. The van der Waals surface area contributed by atoms with E-state index in [1.54, 1.807) is 0 Å². The lowest BCUT2D eigenvalue weighted by Crippen LogP contribution is -2.23. The van der Waals surface area contributed by atoms with Crippen LogP contribution in [-0.2, 0) is 0 Å². The third kappa shape index (κ3) is 2.64. The second-order valence-electron chi connectivity index (χ2n) is 3.42. The number of hydrogen-bond acceptors (Lipinski definition) is 1. The number of carbonyl (C=O) groups excluding carboxylic acids is 1. The minimum Gasteiger partial charge on any atom is -0.298 e. The van der Waals surface area contributed by atoms with E-state index in [9.17, 15) is 4.79 Å². The maximum absolute atomic E-state index is 10.5. The number of aromatic nitrogens is 1. The van der Waals surface area contributed by atoms with E-state index < -0.39 is 0 Å². The van der Waals surface area contributed by atoms with Crippen molar-refractivity contribution in [2.75, 3.05) is 0 Å². The van der Waals surface area contributed by atoms with Crippen LogP contribution in [0.1, 0.15) is 15.9 Å². The van der Waals surface area contributed by atoms with Crippen LogP contribution in [0.2, 0.25) is 0 Å². The standard InChI is InChI=1S/C14H12NO/c16-12-14-6-4-13(5-7-14)8-11-15-9-2-1-3-10-15/h1-12H/q+1/b11-8+. The number of carbonyl (C=O) groups is 1. The van der Waals surface area contributed by atoms with E-state index >= 15 is 0 Å². The van der Waals surface area contributed by atoms with Crippen molar-refractivity contribution < 1.29 is 9.36 Å². The van der Waals surface area contributed by atoms with E-state index in [0.29, 0.717) is 5.56 Å². The summed E-state index contributed by atoms with van der Waals surface area (Å²) in [6, 6.07) is 13.4. The minimum atomic E-state index is 0.699. The molecule has 1 heterocycles. The highest BCUT2D eigenvalue weighted by atomic mass is 16.1. The first-order chi connectivity index (χ1) is 7.88. The Morgan fingerprint density at radius 3 is 2.12 bits per heavy atom. The lowest BCUT2D eigenvalue weighted by Gasteiger charge is -1.92. The van der Waals surface area contributed by atoms with Gasteiger partial charge >= 0.3 is 0 Å². The number of rotatable bonds is 3. The van der Waals surface area contributed by atoms with Crippen molar-refractivity contribution in [2.45, 2.75) is 0 Å². The second kappa shape index (κ2) is 5.03. The SMILES string of the molecule is O=Cc1ccc(/C=C/[n+]2ccccc2)cc1. The molecule has 0 radical (unpaired) electrons. The van der Waals surface area contributed by atoms with Gasteiger partial charge in [0.05, 0.1) is 0 Å². The molecule has 0 aliphatic heterocycles. The Labute approximate surface area is 94.5 Å². The molecule has 0 saturated carbocycles. The van der Waals surface area contributed by atoms with Gasteiger partial charge in [0.15, 0.2) is 18.6 Å². The fraction of sp³-hybridized carbons (Fsp3) is 0. The predicted octanol–water partition coefficient (Wildman–Crippen LogP) is 2.41. The van der Waals surface area contributed by atoms with Crippen molar-refractivity contribution in [1.29, 1.82) is 0 Å². The van der Waals surface area contributed by atoms with Crippen LogP contribution in [0.4, 0.5) is 0 Å². The Morgan fingerprint density at radius 1 is 0.875 bits per heavy atom. The molecule has 0 spiro atoms. The van der Waals surface area contributed by atoms with Crippen LogP contribution in [0.3, 0.4) is 0 Å². The van der Waals surface area contributed by atoms with Gasteiger partial charge in [-0.25, -0.2) is 0 Å². The first kappa shape index (κ1) is 10.3. The van der Waals surface area contributed by atoms with Crippen molar-refractivity contribution in [3.8, 4) is 0 Å². The third-order valence-corrected chi connectivity index (χ3v) is 2.25. The van der Waals surface area contributed by atoms with E-state index in [2.05, 4.69) is 0 Å². The molecule has 2 rings (SSSR count). The van der Waals surface area contributed by atoms with Gasteiger partial charge in [0.25, 0.3) is 0 Å². The van der Waals surface area contributed by atoms with Crippen LogP contribution in [0.15, 0.2) is 54.9 Å². The fourth-order valence-corrected chi connectivity index (χ4v) is 1.37. The normalized spacial score (nSPS) is 10.5. The van der Waals surface area contributed by atoms with Crippen LogP contribution in [-0.4, -0.2) is 6.29 Å². The van der Waals surface area contributed by atoms with Gasteiger partial charge in [-0.1, -0.05) is 30.3 Å². The Balaban J connectivity index is 2.14. The average molecular weight is 210 g/mol. The first-order valence-corrected chi connectivity index (χ1v) is 5.08. The van der Waals surface area contributed by atoms with Crippen molar-refractivity contribution in [2.24, 2.45) is 0 Å². The molecule has 0 aliphatic carbocycles. The smallest absolute Gasteiger partial charge is 0.175 e. The van der Waals surface area contributed by atoms with Crippen LogP contribution < -0.4 is 4.57 Å². The number of pyridine rings is 1. The van der Waals surface area contributed by atoms with Gasteiger partial charge in [-0.2, -0.15) is 4.57 Å². The molecule has 0 bridgehead atoms. The fourth-order valence-electron chi connectivity index (χ4n) is 1.37. The van der Waals surface area contributed by atoms with Crippen LogP contribution >= 0.6 is 0 Å². The molecule has 0 saturated heterocycles. The molecule has 0 N–H and O–H groups in total. The number of nitrogens with zero attached hydrogens (tertiary/aromatic N) is 1. The Morgan fingerprint density at radius 2 is 1.50 bits per heavy atom. The van der Waals surface area contributed by atoms with E-state index in [1.165, 1.54) is 0 Å². The Hall–Kier alpha value is -2.22. The van der Waals surface area contributed by atoms with Crippen LogP contribution in [0, 0.1) is 0 Å². The third-order valence-electron chi connectivity index (χ3n) is 2.25. The molecular weight excluding hydrogens is 198 g/mol. The zero-order valence-electron chi connectivity index (χ0n) is 8.78. The van der Waals surface area contributed by atoms with Gasteiger partial charge in [-0.05, 0) is 5.56 Å². The maximum atomic E-state index is 10.5. The molecule has 1 aromatic heterocycles. The molecule has 78 valence electrons. The first-order valence-electron chi connectivity index (χ1n) is 5.08. The molecule has 2 aromatic rings. The van der Waals surface area contributed by atoms with Gasteiger partial charge in [0, 0.05) is 23.8 Å². The van der Waals surface area contributed by atoms with Gasteiger partial charge in [0.2, 0.25) is 0 Å². The molecule has 1 aromatic carbocycles. The number of benzene rings is 1. The summed E-state index contributed by atoms with van der Waals surface area (Å²) in [4.78, 5) is 10.5. The molecule has 0 aliphatic rings. The summed E-state index contributed by atoms with van der Waals surface area (Å²) in [7, 11) is 0. The largest absolute Gasteiger partial charge is 0.298 e. The molecule has 2 nitrogen and oxygen atoms in total. The van der Waals surface area contributed by atoms with E-state index in [-0.39, 0.29) is 0 Å². The Bertz CT molecular complexity index is 486. The maximum Gasteiger partial charge on any atom is 0.175 e. The monoisotopic (exact) mass is 210 g/mol. The lowest BCUT2D eigenvalue weighted by molar-refractivity contribution is -0.567. The summed E-state index contributed by atoms with van der Waals surface area (Å²) in [5.74, 6) is 0. The molecular formula is C14H12NO+. The summed E-state index contributed by atoms with van der Waals surface area (Å²) in [5, 5.41) is 0. The van der Waals surface area contributed by atoms with Crippen molar-refractivity contribution >= 4 is 18.6 Å². The molecule has 2 heteroatoms. The highest BCUT2D eigenvalue weighted by molar-refractivity contribution is 5.75. The molecule has 0 fully saturated rings. The molecule has 16 heavy (non-hydrogen) atoms. The highest BCUT2D eigenvalue weighted by Crippen LogP contribution is 2.04. The number of aldehydes is 1. The minimum absolute atomic E-state index is 0.699.